The predicted octanol–water partition coefficient (Wildman–Crippen LogP) is 2.70. The average Bonchev–Trinajstić information content (AvgIpc) is 2.94. The molecule has 0 unspecified atom stereocenters. The zero-order chi connectivity index (χ0) is 18.1. The molecule has 0 saturated carbocycles. The first-order valence-corrected chi connectivity index (χ1v) is 9.45. The van der Waals surface area contributed by atoms with E-state index in [0.29, 0.717) is 22.6 Å². The number of halogens is 1. The zero-order valence-electron chi connectivity index (χ0n) is 13.7. The summed E-state index contributed by atoms with van der Waals surface area (Å²) in [5, 5.41) is 3.61. The molecule has 0 bridgehead atoms. The Bertz CT molecular complexity index is 853. The number of aryl methyl sites for hydroxylation is 2. The van der Waals surface area contributed by atoms with Gasteiger partial charge in [-0.1, -0.05) is 5.16 Å². The fourth-order valence-corrected chi connectivity index (χ4v) is 4.17. The second kappa shape index (κ2) is 7.19. The summed E-state index contributed by atoms with van der Waals surface area (Å²) in [4.78, 5) is 11.5. The van der Waals surface area contributed by atoms with Crippen molar-refractivity contribution in [2.24, 2.45) is 0 Å². The maximum atomic E-state index is 12.9. The molecule has 0 fully saturated rings. The lowest BCUT2D eigenvalue weighted by Crippen LogP contribution is -2.27. The Hall–Kier alpha value is -1.46. The average molecular weight is 464 g/mol. The number of benzene rings is 1. The molecular weight excluding hydrogens is 447 g/mol. The summed E-state index contributed by atoms with van der Waals surface area (Å²) in [5.41, 5.74) is 1.35. The van der Waals surface area contributed by atoms with E-state index < -0.39 is 10.0 Å². The van der Waals surface area contributed by atoms with Crippen molar-refractivity contribution in [2.75, 3.05) is 14.2 Å². The van der Waals surface area contributed by atoms with Crippen LogP contribution in [0.1, 0.15) is 27.4 Å². The van der Waals surface area contributed by atoms with Gasteiger partial charge in [0.2, 0.25) is 13.8 Å². The third-order valence-corrected chi connectivity index (χ3v) is 6.14. The summed E-state index contributed by atoms with van der Waals surface area (Å²) < 4.78 is 36.8. The summed E-state index contributed by atoms with van der Waals surface area (Å²) in [6.07, 6.45) is 0. The van der Waals surface area contributed by atoms with E-state index in [-0.39, 0.29) is 20.9 Å². The van der Waals surface area contributed by atoms with Gasteiger partial charge in [-0.15, -0.1) is 0 Å². The van der Waals surface area contributed by atoms with Gasteiger partial charge in [0.1, 0.15) is 5.75 Å². The van der Waals surface area contributed by atoms with Crippen LogP contribution >= 0.6 is 22.6 Å². The van der Waals surface area contributed by atoms with E-state index in [4.69, 9.17) is 9.26 Å². The lowest BCUT2D eigenvalue weighted by Gasteiger charge is -2.19. The second-order valence-corrected chi connectivity index (χ2v) is 8.27. The molecule has 130 valence electrons. The third kappa shape index (κ3) is 3.78. The van der Waals surface area contributed by atoms with Gasteiger partial charge >= 0.3 is 0 Å². The van der Waals surface area contributed by atoms with Crippen molar-refractivity contribution in [3.05, 3.63) is 40.8 Å². The minimum absolute atomic E-state index is 0.0236. The number of hydrogen-bond acceptors (Lipinski definition) is 6. The molecular formula is C15H17IN2O5S. The molecule has 1 aromatic carbocycles. The Morgan fingerprint density at radius 1 is 1.29 bits per heavy atom. The smallest absolute Gasteiger partial charge is 0.244 e. The molecule has 0 aliphatic carbocycles. The van der Waals surface area contributed by atoms with Crippen LogP contribution < -0.4 is 4.74 Å². The Morgan fingerprint density at radius 3 is 2.33 bits per heavy atom. The van der Waals surface area contributed by atoms with E-state index in [0.717, 1.165) is 4.31 Å². The highest BCUT2D eigenvalue weighted by Gasteiger charge is 2.26. The number of carbonyl (C=O) groups excluding carboxylic acids is 1. The number of sulfonamides is 1. The van der Waals surface area contributed by atoms with Gasteiger partial charge in [-0.25, -0.2) is 8.42 Å². The predicted molar refractivity (Wildman–Crippen MR) is 96.0 cm³/mol. The van der Waals surface area contributed by atoms with E-state index >= 15 is 0 Å². The summed E-state index contributed by atoms with van der Waals surface area (Å²) in [6, 6.07) is 4.79. The van der Waals surface area contributed by atoms with Crippen molar-refractivity contribution >= 4 is 36.4 Å². The Morgan fingerprint density at radius 2 is 1.88 bits per heavy atom. The number of rotatable bonds is 6. The van der Waals surface area contributed by atoms with Gasteiger partial charge in [0.15, 0.2) is 11.5 Å². The highest BCUT2D eigenvalue weighted by molar-refractivity contribution is 14.1. The summed E-state index contributed by atoms with van der Waals surface area (Å²) >= 11 is 1.59. The topological polar surface area (TPSA) is 89.7 Å². The number of methoxy groups -OCH3 is 1. The third-order valence-electron chi connectivity index (χ3n) is 3.48. The lowest BCUT2D eigenvalue weighted by atomic mass is 10.1. The zero-order valence-corrected chi connectivity index (χ0v) is 16.6. The van der Waals surface area contributed by atoms with Gasteiger partial charge in [0.05, 0.1) is 18.6 Å². The van der Waals surface area contributed by atoms with Gasteiger partial charge in [-0.05, 0) is 37.1 Å². The SMILES string of the molecule is COc1cc(C)c(S(=O)(=O)N(C)Cc2cc(C(=O)I)no2)c(C)c1. The quantitative estimate of drug-likeness (QED) is 0.483. The molecule has 0 N–H and O–H groups in total. The van der Waals surface area contributed by atoms with Crippen LogP contribution in [0.4, 0.5) is 0 Å². The number of hydrogen-bond donors (Lipinski definition) is 0. The van der Waals surface area contributed by atoms with E-state index in [2.05, 4.69) is 5.16 Å². The molecule has 9 heteroatoms. The van der Waals surface area contributed by atoms with Crippen LogP contribution in [-0.4, -0.2) is 35.8 Å². The Kier molecular flexibility index (Phi) is 5.66. The van der Waals surface area contributed by atoms with Crippen molar-refractivity contribution in [2.45, 2.75) is 25.3 Å². The first kappa shape index (κ1) is 18.9. The monoisotopic (exact) mass is 464 g/mol. The summed E-state index contributed by atoms with van der Waals surface area (Å²) in [7, 11) is -0.748. The molecule has 2 aromatic rings. The molecule has 1 heterocycles. The largest absolute Gasteiger partial charge is 0.497 e. The van der Waals surface area contributed by atoms with Crippen LogP contribution in [0.25, 0.3) is 0 Å². The number of aromatic nitrogens is 1. The van der Waals surface area contributed by atoms with Crippen LogP contribution in [0.15, 0.2) is 27.6 Å². The van der Waals surface area contributed by atoms with Gasteiger partial charge in [0.25, 0.3) is 0 Å². The van der Waals surface area contributed by atoms with Gasteiger partial charge in [-0.3, -0.25) is 4.79 Å². The van der Waals surface area contributed by atoms with Crippen molar-refractivity contribution in [1.29, 1.82) is 0 Å². The lowest BCUT2D eigenvalue weighted by molar-refractivity contribution is 0.109. The molecule has 0 aliphatic rings. The molecule has 7 nitrogen and oxygen atoms in total. The van der Waals surface area contributed by atoms with Crippen LogP contribution in [-0.2, 0) is 16.6 Å². The number of nitrogens with zero attached hydrogens (tertiary/aromatic N) is 2. The molecule has 1 aromatic heterocycles. The first-order valence-electron chi connectivity index (χ1n) is 6.93. The minimum Gasteiger partial charge on any atom is -0.497 e. The molecule has 0 saturated heterocycles. The highest BCUT2D eigenvalue weighted by Crippen LogP contribution is 2.28. The van der Waals surface area contributed by atoms with Crippen molar-refractivity contribution in [3.8, 4) is 5.75 Å². The first-order chi connectivity index (χ1) is 11.2. The number of ether oxygens (including phenoxy) is 1. The highest BCUT2D eigenvalue weighted by atomic mass is 127. The molecule has 2 rings (SSSR count). The molecule has 0 radical (unpaired) electrons. The summed E-state index contributed by atoms with van der Waals surface area (Å²) in [6.45, 7) is 3.42. The van der Waals surface area contributed by atoms with Crippen LogP contribution in [0, 0.1) is 13.8 Å². The van der Waals surface area contributed by atoms with Gasteiger partial charge < -0.3 is 9.26 Å². The Labute approximate surface area is 154 Å². The van der Waals surface area contributed by atoms with Crippen LogP contribution in [0.2, 0.25) is 0 Å². The normalized spacial score (nSPS) is 11.8. The fourth-order valence-electron chi connectivity index (χ4n) is 2.38. The van der Waals surface area contributed by atoms with Gasteiger partial charge in [0, 0.05) is 35.7 Å². The van der Waals surface area contributed by atoms with E-state index in [1.54, 1.807) is 48.6 Å². The molecule has 24 heavy (non-hydrogen) atoms. The maximum absolute atomic E-state index is 12.9. The molecule has 0 aliphatic heterocycles. The summed E-state index contributed by atoms with van der Waals surface area (Å²) in [5.74, 6) is 0.900. The Balaban J connectivity index is 2.34. The maximum Gasteiger partial charge on any atom is 0.244 e. The van der Waals surface area contributed by atoms with Crippen molar-refractivity contribution < 1.29 is 22.5 Å². The second-order valence-electron chi connectivity index (χ2n) is 5.30. The van der Waals surface area contributed by atoms with Crippen LogP contribution in [0.5, 0.6) is 5.75 Å². The van der Waals surface area contributed by atoms with Crippen LogP contribution in [0.3, 0.4) is 0 Å². The van der Waals surface area contributed by atoms with E-state index in [9.17, 15) is 13.2 Å². The van der Waals surface area contributed by atoms with Crippen molar-refractivity contribution in [3.63, 3.8) is 0 Å². The van der Waals surface area contributed by atoms with Gasteiger partial charge in [-0.2, -0.15) is 4.31 Å². The van der Waals surface area contributed by atoms with Crippen molar-refractivity contribution in [1.82, 2.24) is 9.46 Å². The minimum atomic E-state index is -3.73. The fraction of sp³-hybridized carbons (Fsp3) is 0.333. The van der Waals surface area contributed by atoms with E-state index in [1.807, 2.05) is 0 Å². The van der Waals surface area contributed by atoms with E-state index in [1.165, 1.54) is 20.2 Å². The molecule has 0 atom stereocenters. The standard InChI is InChI=1S/C15H17IN2O5S/c1-9-5-11(22-4)6-10(2)14(9)24(20,21)18(3)8-12-7-13(15(16)19)17-23-12/h5-7H,8H2,1-4H3. The molecule has 0 spiro atoms. The number of carbonyl (C=O) groups is 1. The molecule has 0 amide bonds.